The summed E-state index contributed by atoms with van der Waals surface area (Å²) in [5.74, 6) is -1.06. The first-order chi connectivity index (χ1) is 9.63. The van der Waals surface area contributed by atoms with Crippen LogP contribution < -0.4 is 5.32 Å². The van der Waals surface area contributed by atoms with Crippen molar-refractivity contribution in [3.63, 3.8) is 0 Å². The van der Waals surface area contributed by atoms with Crippen molar-refractivity contribution in [2.24, 2.45) is 0 Å². The van der Waals surface area contributed by atoms with Crippen LogP contribution in [-0.2, 0) is 13.1 Å². The molecule has 0 aliphatic carbocycles. The summed E-state index contributed by atoms with van der Waals surface area (Å²) >= 11 is 3.09. The molecule has 1 aromatic carbocycles. The van der Waals surface area contributed by atoms with Crippen molar-refractivity contribution in [2.75, 3.05) is 6.54 Å². The third kappa shape index (κ3) is 3.46. The van der Waals surface area contributed by atoms with Gasteiger partial charge in [0, 0.05) is 24.0 Å². The highest BCUT2D eigenvalue weighted by atomic mass is 79.9. The van der Waals surface area contributed by atoms with Crippen LogP contribution in [0.5, 0.6) is 0 Å². The summed E-state index contributed by atoms with van der Waals surface area (Å²) in [5.41, 5.74) is 1.09. The Morgan fingerprint density at radius 3 is 2.80 bits per heavy atom. The molecule has 2 rings (SSSR count). The Morgan fingerprint density at radius 2 is 2.05 bits per heavy atom. The summed E-state index contributed by atoms with van der Waals surface area (Å²) in [7, 11) is 0. The Bertz CT molecular complexity index is 581. The molecule has 2 aromatic rings. The predicted molar refractivity (Wildman–Crippen MR) is 79.6 cm³/mol. The number of nitrogens with zero attached hydrogens (tertiary/aromatic N) is 1. The Kier molecular flexibility index (Phi) is 5.31. The molecular formula is C15H17BrF2N2. The highest BCUT2D eigenvalue weighted by Crippen LogP contribution is 2.23. The van der Waals surface area contributed by atoms with Gasteiger partial charge in [0.1, 0.15) is 11.6 Å². The van der Waals surface area contributed by atoms with Crippen molar-refractivity contribution in [3.8, 4) is 0 Å². The average molecular weight is 343 g/mol. The fourth-order valence-corrected chi connectivity index (χ4v) is 2.41. The Balaban J connectivity index is 2.19. The van der Waals surface area contributed by atoms with Crippen molar-refractivity contribution in [1.82, 2.24) is 9.88 Å². The monoisotopic (exact) mass is 342 g/mol. The minimum atomic E-state index is -0.536. The number of nitrogens with one attached hydrogen (secondary N) is 1. The standard InChI is InChI=1S/C15H17BrF2N2/c1-2-7-19-9-11-4-3-8-20(11)10-12-14(17)6-5-13(16)15(12)18/h3-6,8,19H,2,7,9-10H2,1H3. The number of aromatic nitrogens is 1. The summed E-state index contributed by atoms with van der Waals surface area (Å²) in [6, 6.07) is 6.50. The van der Waals surface area contributed by atoms with Crippen LogP contribution in [-0.4, -0.2) is 11.1 Å². The third-order valence-corrected chi connectivity index (χ3v) is 3.74. The van der Waals surface area contributed by atoms with Crippen molar-refractivity contribution in [2.45, 2.75) is 26.4 Å². The van der Waals surface area contributed by atoms with Crippen LogP contribution in [0.4, 0.5) is 8.78 Å². The predicted octanol–water partition coefficient (Wildman–Crippen LogP) is 4.08. The van der Waals surface area contributed by atoms with E-state index in [0.717, 1.165) is 18.7 Å². The van der Waals surface area contributed by atoms with Gasteiger partial charge in [0.05, 0.1) is 11.0 Å². The minimum absolute atomic E-state index is 0.0762. The lowest BCUT2D eigenvalue weighted by Gasteiger charge is -2.12. The smallest absolute Gasteiger partial charge is 0.145 e. The van der Waals surface area contributed by atoms with Crippen LogP contribution in [0.2, 0.25) is 0 Å². The second kappa shape index (κ2) is 6.99. The zero-order valence-corrected chi connectivity index (χ0v) is 12.9. The van der Waals surface area contributed by atoms with Crippen LogP contribution in [0.3, 0.4) is 0 Å². The second-order valence-corrected chi connectivity index (χ2v) is 5.48. The van der Waals surface area contributed by atoms with E-state index in [-0.39, 0.29) is 16.6 Å². The third-order valence-electron chi connectivity index (χ3n) is 3.12. The molecule has 1 aromatic heterocycles. The Morgan fingerprint density at radius 1 is 1.25 bits per heavy atom. The van der Waals surface area contributed by atoms with E-state index in [1.807, 2.05) is 22.9 Å². The largest absolute Gasteiger partial charge is 0.346 e. The first-order valence-electron chi connectivity index (χ1n) is 6.60. The maximum Gasteiger partial charge on any atom is 0.145 e. The Labute approximate surface area is 125 Å². The normalized spacial score (nSPS) is 11.0. The molecule has 0 unspecified atom stereocenters. The van der Waals surface area contributed by atoms with E-state index in [1.54, 1.807) is 0 Å². The number of hydrogen-bond donors (Lipinski definition) is 1. The van der Waals surface area contributed by atoms with Crippen molar-refractivity contribution < 1.29 is 8.78 Å². The lowest BCUT2D eigenvalue weighted by atomic mass is 10.2. The SMILES string of the molecule is CCCNCc1cccn1Cc1c(F)ccc(Br)c1F. The first kappa shape index (κ1) is 15.2. The minimum Gasteiger partial charge on any atom is -0.346 e. The zero-order valence-electron chi connectivity index (χ0n) is 11.3. The van der Waals surface area contributed by atoms with Gasteiger partial charge in [-0.25, -0.2) is 8.78 Å². The first-order valence-corrected chi connectivity index (χ1v) is 7.40. The van der Waals surface area contributed by atoms with Gasteiger partial charge in [-0.05, 0) is 53.2 Å². The molecule has 0 radical (unpaired) electrons. The van der Waals surface area contributed by atoms with E-state index in [9.17, 15) is 8.78 Å². The fourth-order valence-electron chi connectivity index (χ4n) is 2.04. The van der Waals surface area contributed by atoms with Gasteiger partial charge in [0.15, 0.2) is 0 Å². The quantitative estimate of drug-likeness (QED) is 0.618. The van der Waals surface area contributed by atoms with E-state index in [1.165, 1.54) is 12.1 Å². The van der Waals surface area contributed by atoms with Gasteiger partial charge < -0.3 is 9.88 Å². The van der Waals surface area contributed by atoms with Gasteiger partial charge in [0.25, 0.3) is 0 Å². The summed E-state index contributed by atoms with van der Waals surface area (Å²) in [6.07, 6.45) is 2.89. The molecule has 0 saturated carbocycles. The summed E-state index contributed by atoms with van der Waals surface area (Å²) in [5, 5.41) is 3.29. The van der Waals surface area contributed by atoms with Gasteiger partial charge in [-0.2, -0.15) is 0 Å². The number of benzene rings is 1. The topological polar surface area (TPSA) is 17.0 Å². The summed E-state index contributed by atoms with van der Waals surface area (Å²) in [4.78, 5) is 0. The maximum absolute atomic E-state index is 14.0. The zero-order chi connectivity index (χ0) is 14.5. The number of halogens is 3. The molecule has 0 aliphatic rings. The summed E-state index contributed by atoms with van der Waals surface area (Å²) in [6.45, 7) is 3.90. The van der Waals surface area contributed by atoms with Crippen LogP contribution in [0.15, 0.2) is 34.9 Å². The molecule has 0 fully saturated rings. The van der Waals surface area contributed by atoms with Crippen molar-refractivity contribution >= 4 is 15.9 Å². The van der Waals surface area contributed by atoms with E-state index in [4.69, 9.17) is 0 Å². The maximum atomic E-state index is 14.0. The number of hydrogen-bond acceptors (Lipinski definition) is 1. The highest BCUT2D eigenvalue weighted by Gasteiger charge is 2.13. The average Bonchev–Trinajstić information content (AvgIpc) is 2.87. The molecule has 2 nitrogen and oxygen atoms in total. The fraction of sp³-hybridized carbons (Fsp3) is 0.333. The molecule has 108 valence electrons. The highest BCUT2D eigenvalue weighted by molar-refractivity contribution is 9.10. The van der Waals surface area contributed by atoms with Gasteiger partial charge in [0.2, 0.25) is 0 Å². The molecule has 5 heteroatoms. The molecule has 0 amide bonds. The molecule has 0 spiro atoms. The lowest BCUT2D eigenvalue weighted by Crippen LogP contribution is -2.17. The van der Waals surface area contributed by atoms with E-state index in [0.29, 0.717) is 6.54 Å². The second-order valence-electron chi connectivity index (χ2n) is 4.63. The number of rotatable bonds is 6. The lowest BCUT2D eigenvalue weighted by molar-refractivity contribution is 0.534. The van der Waals surface area contributed by atoms with E-state index in [2.05, 4.69) is 28.2 Å². The molecule has 20 heavy (non-hydrogen) atoms. The van der Waals surface area contributed by atoms with E-state index >= 15 is 0 Å². The molecular weight excluding hydrogens is 326 g/mol. The van der Waals surface area contributed by atoms with Gasteiger partial charge in [-0.15, -0.1) is 0 Å². The molecule has 0 atom stereocenters. The van der Waals surface area contributed by atoms with Crippen LogP contribution in [0.1, 0.15) is 24.6 Å². The van der Waals surface area contributed by atoms with Crippen LogP contribution >= 0.6 is 15.9 Å². The van der Waals surface area contributed by atoms with E-state index < -0.39 is 11.6 Å². The van der Waals surface area contributed by atoms with Crippen molar-refractivity contribution in [1.29, 1.82) is 0 Å². The molecule has 0 aliphatic heterocycles. The van der Waals surface area contributed by atoms with Gasteiger partial charge in [-0.1, -0.05) is 6.92 Å². The Hall–Kier alpha value is -1.20. The van der Waals surface area contributed by atoms with Gasteiger partial charge >= 0.3 is 0 Å². The molecule has 1 heterocycles. The van der Waals surface area contributed by atoms with Crippen molar-refractivity contribution in [3.05, 3.63) is 57.8 Å². The molecule has 0 saturated heterocycles. The van der Waals surface area contributed by atoms with Crippen LogP contribution in [0, 0.1) is 11.6 Å². The molecule has 0 bridgehead atoms. The summed E-state index contributed by atoms with van der Waals surface area (Å²) < 4.78 is 29.9. The molecule has 1 N–H and O–H groups in total. The van der Waals surface area contributed by atoms with Gasteiger partial charge in [-0.3, -0.25) is 0 Å². The van der Waals surface area contributed by atoms with Crippen LogP contribution in [0.25, 0.3) is 0 Å².